The molecule has 1 aliphatic rings. The molecule has 0 spiro atoms. The minimum atomic E-state index is -0.629. The van der Waals surface area contributed by atoms with Gasteiger partial charge in [0, 0.05) is 0 Å². The molecule has 0 bridgehead atoms. The number of amides is 1. The first kappa shape index (κ1) is 26.9. The van der Waals surface area contributed by atoms with Gasteiger partial charge < -0.3 is 24.8 Å². The zero-order chi connectivity index (χ0) is 11.7. The molecular weight excluding hydrogens is 321 g/mol. The van der Waals surface area contributed by atoms with Crippen LogP contribution >= 0.6 is 0 Å². The van der Waals surface area contributed by atoms with Crippen LogP contribution in [0.25, 0.3) is 0 Å². The molecule has 6 heteroatoms. The SMILES string of the molecule is CC(C)CC1=[C-]CC=C1.C[Si](C)=NC=O.[Cl-].[Cl-].[Ti+3]. The van der Waals surface area contributed by atoms with Gasteiger partial charge in [-0.2, -0.15) is 6.08 Å². The Hall–Kier alpha value is 0.461. The van der Waals surface area contributed by atoms with Gasteiger partial charge >= 0.3 is 21.7 Å². The molecule has 0 fully saturated rings. The molecule has 0 aliphatic heterocycles. The van der Waals surface area contributed by atoms with Crippen molar-refractivity contribution in [2.45, 2.75) is 39.8 Å². The van der Waals surface area contributed by atoms with Crippen molar-refractivity contribution >= 4 is 15.0 Å². The van der Waals surface area contributed by atoms with Crippen LogP contribution in [0.3, 0.4) is 0 Å². The van der Waals surface area contributed by atoms with Crippen LogP contribution in [0, 0.1) is 12.0 Å². The zero-order valence-corrected chi connectivity index (χ0v) is 15.4. The summed E-state index contributed by atoms with van der Waals surface area (Å²) in [7, 11) is -0.629. The summed E-state index contributed by atoms with van der Waals surface area (Å²) in [5.41, 5.74) is 1.39. The number of hydrogen-bond acceptors (Lipinski definition) is 1. The van der Waals surface area contributed by atoms with Crippen molar-refractivity contribution in [2.24, 2.45) is 10.6 Å². The van der Waals surface area contributed by atoms with Gasteiger partial charge in [0.2, 0.25) is 6.41 Å². The third-order valence-electron chi connectivity index (χ3n) is 1.71. The maximum Gasteiger partial charge on any atom is 3.00 e. The second-order valence-electron chi connectivity index (χ2n) is 4.09. The number of allylic oxidation sites excluding steroid dienone is 4. The average Bonchev–Trinajstić information content (AvgIpc) is 2.56. The van der Waals surface area contributed by atoms with Gasteiger partial charge in [0.15, 0.2) is 0 Å². The summed E-state index contributed by atoms with van der Waals surface area (Å²) in [5.74, 6) is 0.773. The summed E-state index contributed by atoms with van der Waals surface area (Å²) >= 11 is 0. The molecule has 0 N–H and O–H groups in total. The van der Waals surface area contributed by atoms with Gasteiger partial charge in [0.1, 0.15) is 8.59 Å². The molecule has 101 valence electrons. The Bertz CT molecular complexity index is 288. The molecule has 0 saturated heterocycles. The van der Waals surface area contributed by atoms with Crippen molar-refractivity contribution in [2.75, 3.05) is 0 Å². The molecule has 1 amide bonds. The number of nitrogens with zero attached hydrogens (tertiary/aromatic N) is 1. The zero-order valence-electron chi connectivity index (χ0n) is 11.3. The number of hydrogen-bond donors (Lipinski definition) is 0. The fraction of sp³-hybridized carbons (Fsp3) is 0.583. The van der Waals surface area contributed by atoms with E-state index < -0.39 is 8.59 Å². The Kier molecular flexibility index (Phi) is 26.1. The Morgan fingerprint density at radius 1 is 1.44 bits per heavy atom. The quantitative estimate of drug-likeness (QED) is 0.314. The predicted octanol–water partition coefficient (Wildman–Crippen LogP) is -2.61. The van der Waals surface area contributed by atoms with Crippen LogP contribution in [0.2, 0.25) is 13.1 Å². The molecule has 1 aliphatic carbocycles. The first-order valence-corrected chi connectivity index (χ1v) is 7.72. The molecule has 0 atom stereocenters. The van der Waals surface area contributed by atoms with Crippen molar-refractivity contribution in [3.8, 4) is 0 Å². The van der Waals surface area contributed by atoms with Crippen LogP contribution in [0.5, 0.6) is 0 Å². The third kappa shape index (κ3) is 18.8. The van der Waals surface area contributed by atoms with Crippen molar-refractivity contribution in [1.82, 2.24) is 0 Å². The molecular formula is C12H20Cl2NOSiTi. The summed E-state index contributed by atoms with van der Waals surface area (Å²) in [6.45, 7) is 8.39. The van der Waals surface area contributed by atoms with Crippen LogP contribution in [0.15, 0.2) is 22.4 Å². The van der Waals surface area contributed by atoms with E-state index in [1.54, 1.807) is 0 Å². The minimum absolute atomic E-state index is 0. The van der Waals surface area contributed by atoms with E-state index in [4.69, 9.17) is 0 Å². The van der Waals surface area contributed by atoms with Gasteiger partial charge in [-0.05, 0) is 19.0 Å². The van der Waals surface area contributed by atoms with Crippen LogP contribution in [0.1, 0.15) is 26.7 Å². The fourth-order valence-electron chi connectivity index (χ4n) is 1.14. The van der Waals surface area contributed by atoms with Crippen molar-refractivity contribution in [3.63, 3.8) is 0 Å². The second kappa shape index (κ2) is 17.5. The summed E-state index contributed by atoms with van der Waals surface area (Å²) in [6, 6.07) is 0. The van der Waals surface area contributed by atoms with E-state index in [0.29, 0.717) is 6.41 Å². The van der Waals surface area contributed by atoms with Gasteiger partial charge in [-0.25, -0.2) is 11.6 Å². The van der Waals surface area contributed by atoms with E-state index >= 15 is 0 Å². The molecule has 2 nitrogen and oxygen atoms in total. The van der Waals surface area contributed by atoms with Crippen LogP contribution in [0.4, 0.5) is 0 Å². The predicted molar refractivity (Wildman–Crippen MR) is 65.9 cm³/mol. The topological polar surface area (TPSA) is 29.4 Å². The largest absolute Gasteiger partial charge is 3.00 e. The van der Waals surface area contributed by atoms with Gasteiger partial charge in [-0.3, -0.25) is 15.5 Å². The van der Waals surface area contributed by atoms with E-state index in [1.807, 2.05) is 13.1 Å². The molecule has 1 radical (unpaired) electrons. The van der Waals surface area contributed by atoms with Gasteiger partial charge in [-0.15, -0.1) is 6.42 Å². The minimum Gasteiger partial charge on any atom is -1.00 e. The Morgan fingerprint density at radius 2 is 2.00 bits per heavy atom. The monoisotopic (exact) mass is 340 g/mol. The number of carbonyl (C=O) groups excluding carboxylic acids is 1. The van der Waals surface area contributed by atoms with Crippen molar-refractivity contribution in [1.29, 1.82) is 0 Å². The molecule has 0 saturated carbocycles. The Labute approximate surface area is 140 Å². The first-order valence-electron chi connectivity index (χ1n) is 5.27. The number of halogens is 2. The van der Waals surface area contributed by atoms with Crippen molar-refractivity contribution < 1.29 is 51.3 Å². The molecule has 0 heterocycles. The second-order valence-corrected chi connectivity index (χ2v) is 6.24. The summed E-state index contributed by atoms with van der Waals surface area (Å²) < 4.78 is 3.55. The molecule has 0 unspecified atom stereocenters. The standard InChI is InChI=1S/C9H13.C3H7NOSi.2ClH.Ti/c1-8(2)7-9-5-3-4-6-9;1-6(2)4-3-5;;;/h3,5,8H,4,7H2,1-2H3;3H,1-2H3;2*1H;/q-1;;;;+3/p-2. The summed E-state index contributed by atoms with van der Waals surface area (Å²) in [5, 5.41) is 0. The van der Waals surface area contributed by atoms with E-state index in [-0.39, 0.29) is 46.5 Å². The molecule has 1 rings (SSSR count). The van der Waals surface area contributed by atoms with Crippen LogP contribution < -0.4 is 24.8 Å². The normalized spacial score (nSPS) is 10.8. The molecule has 0 aromatic rings. The Morgan fingerprint density at radius 3 is 2.22 bits per heavy atom. The van der Waals surface area contributed by atoms with E-state index in [2.05, 4.69) is 36.7 Å². The van der Waals surface area contributed by atoms with E-state index in [9.17, 15) is 4.79 Å². The maximum atomic E-state index is 9.47. The van der Waals surface area contributed by atoms with E-state index in [0.717, 1.165) is 12.3 Å². The van der Waals surface area contributed by atoms with Gasteiger partial charge in [0.25, 0.3) is 0 Å². The maximum absolute atomic E-state index is 9.47. The van der Waals surface area contributed by atoms with Gasteiger partial charge in [0.05, 0.1) is 0 Å². The van der Waals surface area contributed by atoms with Crippen LogP contribution in [-0.4, -0.2) is 15.0 Å². The third-order valence-corrected chi connectivity index (χ3v) is 2.33. The number of rotatable bonds is 3. The molecule has 18 heavy (non-hydrogen) atoms. The summed E-state index contributed by atoms with van der Waals surface area (Å²) in [4.78, 5) is 9.47. The number of carbonyl (C=O) groups is 1. The molecule has 0 aromatic carbocycles. The fourth-order valence-corrected chi connectivity index (χ4v) is 1.35. The van der Waals surface area contributed by atoms with Gasteiger partial charge in [-0.1, -0.05) is 20.3 Å². The van der Waals surface area contributed by atoms with Crippen molar-refractivity contribution in [3.05, 3.63) is 23.8 Å². The summed E-state index contributed by atoms with van der Waals surface area (Å²) in [6.07, 6.45) is 10.5. The first-order chi connectivity index (χ1) is 7.06. The molecule has 0 aromatic heterocycles. The smallest absolute Gasteiger partial charge is 1.00 e. The van der Waals surface area contributed by atoms with E-state index in [1.165, 1.54) is 12.0 Å². The Balaban J connectivity index is -0.0000000992. The van der Waals surface area contributed by atoms with Crippen LogP contribution in [-0.2, 0) is 26.5 Å². The average molecular weight is 341 g/mol.